The van der Waals surface area contributed by atoms with Crippen molar-refractivity contribution in [1.29, 1.82) is 0 Å². The summed E-state index contributed by atoms with van der Waals surface area (Å²) in [6.07, 6.45) is 5.43. The summed E-state index contributed by atoms with van der Waals surface area (Å²) in [6.45, 7) is 4.52. The van der Waals surface area contributed by atoms with Gasteiger partial charge in [-0.05, 0) is 43.4 Å². The highest BCUT2D eigenvalue weighted by atomic mass is 16.5. The van der Waals surface area contributed by atoms with Gasteiger partial charge in [-0.25, -0.2) is 0 Å². The topological polar surface area (TPSA) is 105 Å². The minimum atomic E-state index is -0.122. The highest BCUT2D eigenvalue weighted by Gasteiger charge is 2.27. The Kier molecular flexibility index (Phi) is 6.32. The van der Waals surface area contributed by atoms with E-state index in [9.17, 15) is 4.79 Å². The van der Waals surface area contributed by atoms with E-state index in [0.29, 0.717) is 30.7 Å². The number of aromatic nitrogens is 2. The first-order valence-electron chi connectivity index (χ1n) is 10.8. The highest BCUT2D eigenvalue weighted by Crippen LogP contribution is 2.34. The number of ether oxygens (including phenoxy) is 1. The van der Waals surface area contributed by atoms with Gasteiger partial charge >= 0.3 is 6.01 Å². The van der Waals surface area contributed by atoms with Gasteiger partial charge in [0.25, 0.3) is 0 Å². The van der Waals surface area contributed by atoms with Crippen LogP contribution < -0.4 is 26.0 Å². The number of amides is 1. The van der Waals surface area contributed by atoms with E-state index < -0.39 is 0 Å². The molecule has 1 saturated heterocycles. The second-order valence-corrected chi connectivity index (χ2v) is 8.01. The van der Waals surface area contributed by atoms with E-state index in [1.54, 1.807) is 0 Å². The Morgan fingerprint density at radius 3 is 2.97 bits per heavy atom. The molecule has 0 bridgehead atoms. The van der Waals surface area contributed by atoms with E-state index in [-0.39, 0.29) is 24.3 Å². The van der Waals surface area contributed by atoms with Crippen LogP contribution in [0.25, 0.3) is 0 Å². The fraction of sp³-hybridized carbons (Fsp3) is 0.500. The summed E-state index contributed by atoms with van der Waals surface area (Å²) in [5.74, 6) is 0.714. The molecule has 0 spiro atoms. The molecule has 3 heterocycles. The van der Waals surface area contributed by atoms with Crippen molar-refractivity contribution in [3.63, 3.8) is 0 Å². The molecule has 30 heavy (non-hydrogen) atoms. The third-order valence-electron chi connectivity index (χ3n) is 5.53. The summed E-state index contributed by atoms with van der Waals surface area (Å²) in [7, 11) is 0. The molecule has 0 radical (unpaired) electrons. The van der Waals surface area contributed by atoms with Crippen molar-refractivity contribution in [2.75, 3.05) is 35.6 Å². The molecule has 0 aliphatic carbocycles. The summed E-state index contributed by atoms with van der Waals surface area (Å²) >= 11 is 0. The molecule has 160 valence electrons. The Morgan fingerprint density at radius 1 is 1.30 bits per heavy atom. The number of hydrogen-bond donors (Lipinski definition) is 3. The lowest BCUT2D eigenvalue weighted by atomic mass is 10.0. The summed E-state index contributed by atoms with van der Waals surface area (Å²) in [4.78, 5) is 23.0. The zero-order valence-electron chi connectivity index (χ0n) is 17.5. The Morgan fingerprint density at radius 2 is 2.17 bits per heavy atom. The van der Waals surface area contributed by atoms with Crippen LogP contribution in [0, 0.1) is 0 Å². The SMILES string of the molecule is CCCCOc1nc(N)c2c(n1)N(Cc1cccc(CC3CCCN3)c1)CC(=O)N2. The van der Waals surface area contributed by atoms with Crippen LogP contribution in [0.1, 0.15) is 43.7 Å². The number of nitrogens with one attached hydrogen (secondary N) is 2. The maximum Gasteiger partial charge on any atom is 0.320 e. The van der Waals surface area contributed by atoms with E-state index in [0.717, 1.165) is 31.4 Å². The van der Waals surface area contributed by atoms with Gasteiger partial charge in [-0.15, -0.1) is 0 Å². The van der Waals surface area contributed by atoms with E-state index in [1.165, 1.54) is 18.4 Å². The van der Waals surface area contributed by atoms with E-state index >= 15 is 0 Å². The number of nitrogens with two attached hydrogens (primary N) is 1. The van der Waals surface area contributed by atoms with Gasteiger partial charge in [-0.1, -0.05) is 37.6 Å². The van der Waals surface area contributed by atoms with E-state index in [1.807, 2.05) is 4.90 Å². The van der Waals surface area contributed by atoms with Crippen LogP contribution in [-0.4, -0.2) is 41.6 Å². The fourth-order valence-electron chi connectivity index (χ4n) is 4.01. The lowest BCUT2D eigenvalue weighted by molar-refractivity contribution is -0.115. The number of benzene rings is 1. The number of nitrogens with zero attached hydrogens (tertiary/aromatic N) is 3. The number of hydrogen-bond acceptors (Lipinski definition) is 7. The Balaban J connectivity index is 1.54. The number of rotatable bonds is 8. The zero-order chi connectivity index (χ0) is 20.9. The van der Waals surface area contributed by atoms with Gasteiger partial charge in [0.05, 0.1) is 13.2 Å². The lowest BCUT2D eigenvalue weighted by Gasteiger charge is -2.30. The number of nitrogen functional groups attached to an aromatic ring is 1. The normalized spacial score (nSPS) is 18.2. The van der Waals surface area contributed by atoms with Crippen molar-refractivity contribution in [1.82, 2.24) is 15.3 Å². The molecular formula is C22H30N6O2. The second-order valence-electron chi connectivity index (χ2n) is 8.01. The van der Waals surface area contributed by atoms with Crippen LogP contribution >= 0.6 is 0 Å². The highest BCUT2D eigenvalue weighted by molar-refractivity contribution is 6.03. The van der Waals surface area contributed by atoms with Crippen LogP contribution in [0.5, 0.6) is 6.01 Å². The molecule has 2 aliphatic heterocycles. The molecule has 2 aliphatic rings. The van der Waals surface area contributed by atoms with Gasteiger partial charge in [-0.2, -0.15) is 9.97 Å². The third-order valence-corrected chi connectivity index (χ3v) is 5.53. The summed E-state index contributed by atoms with van der Waals surface area (Å²) < 4.78 is 5.66. The largest absolute Gasteiger partial charge is 0.463 e. The molecule has 2 aromatic rings. The minimum Gasteiger partial charge on any atom is -0.463 e. The number of anilines is 3. The Hall–Kier alpha value is -2.87. The summed E-state index contributed by atoms with van der Waals surface area (Å²) in [6, 6.07) is 9.35. The molecule has 1 aromatic heterocycles. The molecule has 1 fully saturated rings. The average Bonchev–Trinajstić information content (AvgIpc) is 3.22. The summed E-state index contributed by atoms with van der Waals surface area (Å²) in [5, 5.41) is 6.35. The number of fused-ring (bicyclic) bond motifs is 1. The molecule has 8 nitrogen and oxygen atoms in total. The predicted molar refractivity (Wildman–Crippen MR) is 118 cm³/mol. The number of carbonyl (C=O) groups excluding carboxylic acids is 1. The van der Waals surface area contributed by atoms with Gasteiger partial charge in [0.15, 0.2) is 11.6 Å². The molecule has 8 heteroatoms. The van der Waals surface area contributed by atoms with Crippen molar-refractivity contribution in [3.05, 3.63) is 35.4 Å². The van der Waals surface area contributed by atoms with E-state index in [2.05, 4.69) is 51.8 Å². The predicted octanol–water partition coefficient (Wildman–Crippen LogP) is 2.49. The van der Waals surface area contributed by atoms with Gasteiger partial charge < -0.3 is 26.0 Å². The van der Waals surface area contributed by atoms with Crippen molar-refractivity contribution in [2.45, 2.75) is 51.6 Å². The minimum absolute atomic E-state index is 0.122. The molecule has 1 aromatic carbocycles. The van der Waals surface area contributed by atoms with Crippen LogP contribution in [0.2, 0.25) is 0 Å². The van der Waals surface area contributed by atoms with Gasteiger partial charge in [0.1, 0.15) is 5.69 Å². The maximum absolute atomic E-state index is 12.3. The van der Waals surface area contributed by atoms with Crippen LogP contribution in [0.3, 0.4) is 0 Å². The van der Waals surface area contributed by atoms with Crippen LogP contribution in [0.15, 0.2) is 24.3 Å². The first kappa shape index (κ1) is 20.4. The standard InChI is InChI=1S/C22H30N6O2/c1-2-3-10-30-22-26-20(23)19-21(27-22)28(14-18(29)25-19)13-16-7-4-6-15(11-16)12-17-8-5-9-24-17/h4,6-7,11,17,24H,2-3,5,8-10,12-14H2,1H3,(H,25,29)(H2,23,26,27). The zero-order valence-corrected chi connectivity index (χ0v) is 17.5. The molecule has 4 rings (SSSR count). The number of carbonyl (C=O) groups is 1. The van der Waals surface area contributed by atoms with Crippen LogP contribution in [0.4, 0.5) is 17.3 Å². The second kappa shape index (κ2) is 9.30. The first-order valence-corrected chi connectivity index (χ1v) is 10.8. The van der Waals surface area contributed by atoms with Gasteiger partial charge in [0.2, 0.25) is 5.91 Å². The lowest BCUT2D eigenvalue weighted by Crippen LogP contribution is -2.39. The summed E-state index contributed by atoms with van der Waals surface area (Å²) in [5.41, 5.74) is 9.00. The third kappa shape index (κ3) is 4.81. The molecule has 0 saturated carbocycles. The van der Waals surface area contributed by atoms with Crippen LogP contribution in [-0.2, 0) is 17.8 Å². The molecule has 1 unspecified atom stereocenters. The molecule has 4 N–H and O–H groups in total. The molecule has 1 amide bonds. The van der Waals surface area contributed by atoms with Gasteiger partial charge in [-0.3, -0.25) is 4.79 Å². The van der Waals surface area contributed by atoms with E-state index in [4.69, 9.17) is 10.5 Å². The van der Waals surface area contributed by atoms with Crippen molar-refractivity contribution in [2.24, 2.45) is 0 Å². The Labute approximate surface area is 177 Å². The quantitative estimate of drug-likeness (QED) is 0.574. The van der Waals surface area contributed by atoms with Crippen molar-refractivity contribution >= 4 is 23.2 Å². The Bertz CT molecular complexity index is 897. The number of unbranched alkanes of at least 4 members (excludes halogenated alkanes) is 1. The maximum atomic E-state index is 12.3. The van der Waals surface area contributed by atoms with Gasteiger partial charge in [0, 0.05) is 12.6 Å². The first-order chi connectivity index (χ1) is 14.6. The smallest absolute Gasteiger partial charge is 0.320 e. The van der Waals surface area contributed by atoms with Crippen molar-refractivity contribution in [3.8, 4) is 6.01 Å². The fourth-order valence-corrected chi connectivity index (χ4v) is 4.01. The molecule has 1 atom stereocenters. The molecular weight excluding hydrogens is 380 g/mol. The van der Waals surface area contributed by atoms with Crippen molar-refractivity contribution < 1.29 is 9.53 Å². The average molecular weight is 411 g/mol. The monoisotopic (exact) mass is 410 g/mol.